The van der Waals surface area contributed by atoms with Crippen molar-refractivity contribution < 1.29 is 17.6 Å². The lowest BCUT2D eigenvalue weighted by atomic mass is 10.0. The van der Waals surface area contributed by atoms with Crippen LogP contribution in [0.3, 0.4) is 0 Å². The molecule has 3 aromatic rings. The van der Waals surface area contributed by atoms with Crippen molar-refractivity contribution in [3.8, 4) is 10.4 Å². The number of hydrogen-bond donors (Lipinski definition) is 1. The van der Waals surface area contributed by atoms with Crippen LogP contribution >= 0.6 is 11.3 Å². The van der Waals surface area contributed by atoms with Gasteiger partial charge < -0.3 is 5.73 Å². The topological polar surface area (TPSA) is 80.5 Å². The second kappa shape index (κ2) is 5.93. The summed E-state index contributed by atoms with van der Waals surface area (Å²) in [6, 6.07) is 13.4. The molecule has 5 nitrogen and oxygen atoms in total. The number of carbonyl (C=O) groups is 1. The third kappa shape index (κ3) is 2.58. The first kappa shape index (κ1) is 16.7. The molecule has 0 saturated carbocycles. The second-order valence-electron chi connectivity index (χ2n) is 5.81. The zero-order chi connectivity index (χ0) is 18.5. The number of thiophene rings is 1. The SMILES string of the molecule is NC(=O)c1cc2c(s1)-c1ccccc1N(S(=O)(=O)c1ccc(F)cc1)C2. The molecular weight excluding hydrogens is 375 g/mol. The summed E-state index contributed by atoms with van der Waals surface area (Å²) in [6.07, 6.45) is 0. The Labute approximate surface area is 153 Å². The van der Waals surface area contributed by atoms with E-state index in [2.05, 4.69) is 0 Å². The molecule has 1 aliphatic rings. The van der Waals surface area contributed by atoms with Gasteiger partial charge in [-0.25, -0.2) is 12.8 Å². The van der Waals surface area contributed by atoms with Crippen LogP contribution in [0.2, 0.25) is 0 Å². The van der Waals surface area contributed by atoms with E-state index < -0.39 is 21.7 Å². The van der Waals surface area contributed by atoms with Crippen LogP contribution in [-0.4, -0.2) is 14.3 Å². The minimum absolute atomic E-state index is 0.00232. The lowest BCUT2D eigenvalue weighted by Crippen LogP contribution is -2.32. The number of nitrogens with zero attached hydrogens (tertiary/aromatic N) is 1. The highest BCUT2D eigenvalue weighted by Gasteiger charge is 2.33. The van der Waals surface area contributed by atoms with Gasteiger partial charge in [-0.2, -0.15) is 0 Å². The number of sulfonamides is 1. The Hall–Kier alpha value is -2.71. The smallest absolute Gasteiger partial charge is 0.264 e. The van der Waals surface area contributed by atoms with E-state index in [0.29, 0.717) is 16.1 Å². The van der Waals surface area contributed by atoms with Gasteiger partial charge in [0.1, 0.15) is 5.82 Å². The van der Waals surface area contributed by atoms with Gasteiger partial charge in [-0.05, 0) is 42.0 Å². The van der Waals surface area contributed by atoms with Gasteiger partial charge in [-0.1, -0.05) is 18.2 Å². The Morgan fingerprint density at radius 2 is 1.81 bits per heavy atom. The molecule has 26 heavy (non-hydrogen) atoms. The van der Waals surface area contributed by atoms with Crippen molar-refractivity contribution >= 4 is 33.0 Å². The van der Waals surface area contributed by atoms with E-state index in [1.165, 1.54) is 27.8 Å². The number of amides is 1. The quantitative estimate of drug-likeness (QED) is 0.747. The predicted octanol–water partition coefficient (Wildman–Crippen LogP) is 3.36. The van der Waals surface area contributed by atoms with E-state index in [4.69, 9.17) is 5.73 Å². The van der Waals surface area contributed by atoms with E-state index in [-0.39, 0.29) is 11.4 Å². The molecule has 0 spiro atoms. The lowest BCUT2D eigenvalue weighted by molar-refractivity contribution is 0.100. The number of carbonyl (C=O) groups excluding carboxylic acids is 1. The fourth-order valence-corrected chi connectivity index (χ4v) is 5.49. The molecule has 0 aliphatic carbocycles. The second-order valence-corrected chi connectivity index (χ2v) is 8.73. The summed E-state index contributed by atoms with van der Waals surface area (Å²) < 4.78 is 40.7. The molecule has 1 aliphatic heterocycles. The maximum atomic E-state index is 13.2. The van der Waals surface area contributed by atoms with Crippen molar-refractivity contribution in [3.63, 3.8) is 0 Å². The van der Waals surface area contributed by atoms with Crippen LogP contribution < -0.4 is 10.0 Å². The summed E-state index contributed by atoms with van der Waals surface area (Å²) in [5.74, 6) is -1.05. The van der Waals surface area contributed by atoms with Crippen molar-refractivity contribution in [1.29, 1.82) is 0 Å². The Balaban J connectivity index is 1.88. The largest absolute Gasteiger partial charge is 0.365 e. The highest BCUT2D eigenvalue weighted by atomic mass is 32.2. The van der Waals surface area contributed by atoms with Gasteiger partial charge in [-0.15, -0.1) is 11.3 Å². The van der Waals surface area contributed by atoms with Gasteiger partial charge in [0.25, 0.3) is 15.9 Å². The summed E-state index contributed by atoms with van der Waals surface area (Å²) in [5.41, 5.74) is 7.33. The number of nitrogens with two attached hydrogens (primary N) is 1. The summed E-state index contributed by atoms with van der Waals surface area (Å²) in [7, 11) is -3.89. The first-order chi connectivity index (χ1) is 12.4. The molecule has 0 bridgehead atoms. The minimum atomic E-state index is -3.89. The number of hydrogen-bond acceptors (Lipinski definition) is 4. The van der Waals surface area contributed by atoms with Crippen molar-refractivity contribution in [3.05, 3.63) is 70.9 Å². The third-order valence-electron chi connectivity index (χ3n) is 4.18. The molecule has 2 aromatic carbocycles. The highest BCUT2D eigenvalue weighted by Crippen LogP contribution is 2.45. The van der Waals surface area contributed by atoms with Crippen LogP contribution in [0.5, 0.6) is 0 Å². The van der Waals surface area contributed by atoms with Crippen LogP contribution in [0.25, 0.3) is 10.4 Å². The first-order valence-corrected chi connectivity index (χ1v) is 9.94. The first-order valence-electron chi connectivity index (χ1n) is 7.68. The van der Waals surface area contributed by atoms with Crippen LogP contribution in [0, 0.1) is 5.82 Å². The molecular formula is C18H13FN2O3S2. The van der Waals surface area contributed by atoms with Crippen molar-refractivity contribution in [2.45, 2.75) is 11.4 Å². The van der Waals surface area contributed by atoms with E-state index >= 15 is 0 Å². The van der Waals surface area contributed by atoms with Gasteiger partial charge in [0.2, 0.25) is 0 Å². The average Bonchev–Trinajstić information content (AvgIpc) is 3.06. The highest BCUT2D eigenvalue weighted by molar-refractivity contribution is 7.92. The zero-order valence-electron chi connectivity index (χ0n) is 13.3. The number of primary amides is 1. The molecule has 2 N–H and O–H groups in total. The van der Waals surface area contributed by atoms with Crippen LogP contribution in [0.1, 0.15) is 15.2 Å². The number of para-hydroxylation sites is 1. The maximum absolute atomic E-state index is 13.2. The fraction of sp³-hybridized carbons (Fsp3) is 0.0556. The van der Waals surface area contributed by atoms with Gasteiger partial charge in [0.15, 0.2) is 0 Å². The van der Waals surface area contributed by atoms with Crippen molar-refractivity contribution in [2.24, 2.45) is 5.73 Å². The average molecular weight is 388 g/mol. The molecule has 1 amide bonds. The number of fused-ring (bicyclic) bond motifs is 3. The van der Waals surface area contributed by atoms with E-state index in [1.807, 2.05) is 6.07 Å². The van der Waals surface area contributed by atoms with E-state index in [9.17, 15) is 17.6 Å². The minimum Gasteiger partial charge on any atom is -0.365 e. The number of rotatable bonds is 3. The van der Waals surface area contributed by atoms with E-state index in [0.717, 1.165) is 22.6 Å². The zero-order valence-corrected chi connectivity index (χ0v) is 15.0. The fourth-order valence-electron chi connectivity index (χ4n) is 2.97. The maximum Gasteiger partial charge on any atom is 0.264 e. The Morgan fingerprint density at radius 1 is 1.12 bits per heavy atom. The van der Waals surface area contributed by atoms with Crippen LogP contribution in [0.4, 0.5) is 10.1 Å². The molecule has 0 atom stereocenters. The molecule has 8 heteroatoms. The van der Waals surface area contributed by atoms with Gasteiger partial charge in [0.05, 0.1) is 22.0 Å². The number of halogens is 1. The summed E-state index contributed by atoms with van der Waals surface area (Å²) >= 11 is 1.25. The standard InChI is InChI=1S/C18H13FN2O3S2/c19-12-5-7-13(8-6-12)26(23,24)21-10-11-9-16(18(20)22)25-17(11)14-3-1-2-4-15(14)21/h1-9H,10H2,(H2,20,22). The van der Waals surface area contributed by atoms with Crippen molar-refractivity contribution in [1.82, 2.24) is 0 Å². The van der Waals surface area contributed by atoms with Crippen molar-refractivity contribution in [2.75, 3.05) is 4.31 Å². The van der Waals surface area contributed by atoms with Crippen LogP contribution in [-0.2, 0) is 16.6 Å². The molecule has 0 radical (unpaired) electrons. The monoisotopic (exact) mass is 388 g/mol. The molecule has 0 fully saturated rings. The molecule has 0 saturated heterocycles. The Kier molecular flexibility index (Phi) is 3.82. The van der Waals surface area contributed by atoms with Crippen LogP contribution in [0.15, 0.2) is 59.5 Å². The molecule has 132 valence electrons. The lowest BCUT2D eigenvalue weighted by Gasteiger charge is -2.30. The molecule has 2 heterocycles. The third-order valence-corrected chi connectivity index (χ3v) is 7.18. The number of benzene rings is 2. The summed E-state index contributed by atoms with van der Waals surface area (Å²) in [5, 5.41) is 0. The van der Waals surface area contributed by atoms with Gasteiger partial charge >= 0.3 is 0 Å². The summed E-state index contributed by atoms with van der Waals surface area (Å²) in [4.78, 5) is 12.7. The Bertz CT molecular complexity index is 1120. The molecule has 4 rings (SSSR count). The summed E-state index contributed by atoms with van der Waals surface area (Å²) in [6.45, 7) is 0.0792. The van der Waals surface area contributed by atoms with Gasteiger partial charge in [-0.3, -0.25) is 9.10 Å². The Morgan fingerprint density at radius 3 is 2.50 bits per heavy atom. The predicted molar refractivity (Wildman–Crippen MR) is 98.0 cm³/mol. The normalized spacial score (nSPS) is 13.2. The molecule has 0 unspecified atom stereocenters. The number of anilines is 1. The molecule has 1 aromatic heterocycles. The van der Waals surface area contributed by atoms with E-state index in [1.54, 1.807) is 24.3 Å². The van der Waals surface area contributed by atoms with Gasteiger partial charge in [0, 0.05) is 10.4 Å².